The number of hydrogen-bond acceptors (Lipinski definition) is 15. The van der Waals surface area contributed by atoms with Crippen molar-refractivity contribution >= 4 is 39.5 Å². The highest BCUT2D eigenvalue weighted by Gasteiger charge is 2.30. The summed E-state index contributed by atoms with van der Waals surface area (Å²) in [7, 11) is -9.97. The van der Waals surface area contributed by atoms with Gasteiger partial charge in [-0.05, 0) is 116 Å². The van der Waals surface area contributed by atoms with Crippen LogP contribution in [0, 0.1) is 0 Å². The third-order valence-corrected chi connectivity index (χ3v) is 19.2. The molecule has 102 heavy (non-hydrogen) atoms. The van der Waals surface area contributed by atoms with E-state index in [1.54, 1.807) is 0 Å². The van der Waals surface area contributed by atoms with Crippen LogP contribution >= 0.6 is 15.6 Å². The molecule has 0 fully saturated rings. The number of phosphoric acid groups is 2. The number of esters is 4. The van der Waals surface area contributed by atoms with Gasteiger partial charge in [-0.25, -0.2) is 9.13 Å². The molecule has 0 aromatic rings. The van der Waals surface area contributed by atoms with Crippen LogP contribution in [0.5, 0.6) is 0 Å². The molecule has 0 saturated carbocycles. The zero-order valence-electron chi connectivity index (χ0n) is 64.8. The van der Waals surface area contributed by atoms with Gasteiger partial charge in [-0.15, -0.1) is 0 Å². The third kappa shape index (κ3) is 74.5. The van der Waals surface area contributed by atoms with E-state index in [1.165, 1.54) is 141 Å². The maximum Gasteiger partial charge on any atom is 0.472 e. The van der Waals surface area contributed by atoms with Crippen molar-refractivity contribution in [3.05, 3.63) is 85.1 Å². The number of rotatable bonds is 77. The number of ether oxygens (including phenoxy) is 4. The van der Waals surface area contributed by atoms with Gasteiger partial charge >= 0.3 is 39.5 Å². The summed E-state index contributed by atoms with van der Waals surface area (Å²) in [6.45, 7) is 4.79. The van der Waals surface area contributed by atoms with Crippen molar-refractivity contribution in [3.63, 3.8) is 0 Å². The van der Waals surface area contributed by atoms with E-state index in [1.807, 2.05) is 12.2 Å². The van der Waals surface area contributed by atoms with Crippen molar-refractivity contribution in [2.75, 3.05) is 39.6 Å². The highest BCUT2D eigenvalue weighted by Crippen LogP contribution is 2.45. The van der Waals surface area contributed by atoms with Crippen LogP contribution in [0.1, 0.15) is 362 Å². The monoisotopic (exact) mass is 1480 g/mol. The lowest BCUT2D eigenvalue weighted by Gasteiger charge is -2.21. The van der Waals surface area contributed by atoms with Crippen LogP contribution in [-0.2, 0) is 65.4 Å². The number of allylic oxidation sites excluding steroid dienone is 14. The second-order valence-electron chi connectivity index (χ2n) is 27.4. The zero-order chi connectivity index (χ0) is 74.6. The molecule has 0 aliphatic rings. The Hall–Kier alpha value is -3.76. The van der Waals surface area contributed by atoms with Crippen LogP contribution < -0.4 is 0 Å². The first kappa shape index (κ1) is 98.2. The fourth-order valence-corrected chi connectivity index (χ4v) is 12.7. The van der Waals surface area contributed by atoms with E-state index in [4.69, 9.17) is 37.0 Å². The fourth-order valence-electron chi connectivity index (χ4n) is 11.1. The van der Waals surface area contributed by atoms with Gasteiger partial charge in [0.2, 0.25) is 0 Å². The molecule has 0 heterocycles. The van der Waals surface area contributed by atoms with E-state index < -0.39 is 97.5 Å². The average molecular weight is 1480 g/mol. The fraction of sp³-hybridized carbons (Fsp3) is 0.783. The van der Waals surface area contributed by atoms with Crippen molar-refractivity contribution in [1.29, 1.82) is 0 Å². The topological polar surface area (TPSA) is 237 Å². The molecule has 592 valence electrons. The normalized spacial score (nSPS) is 14.3. The van der Waals surface area contributed by atoms with Crippen LogP contribution in [0.3, 0.4) is 0 Å². The zero-order valence-corrected chi connectivity index (χ0v) is 66.6. The van der Waals surface area contributed by atoms with E-state index in [0.29, 0.717) is 32.1 Å². The van der Waals surface area contributed by atoms with Crippen molar-refractivity contribution in [1.82, 2.24) is 0 Å². The Morgan fingerprint density at radius 1 is 0.275 bits per heavy atom. The largest absolute Gasteiger partial charge is 0.472 e. The summed E-state index contributed by atoms with van der Waals surface area (Å²) in [5, 5.41) is 10.6. The van der Waals surface area contributed by atoms with Crippen LogP contribution in [0.4, 0.5) is 0 Å². The molecule has 3 N–H and O–H groups in total. The average Bonchev–Trinajstić information content (AvgIpc) is 0.920. The summed E-state index contributed by atoms with van der Waals surface area (Å²) in [4.78, 5) is 73.0. The lowest BCUT2D eigenvalue weighted by atomic mass is 10.0. The van der Waals surface area contributed by atoms with Crippen molar-refractivity contribution in [2.24, 2.45) is 0 Å². The predicted octanol–water partition coefficient (Wildman–Crippen LogP) is 23.8. The molecule has 2 unspecified atom stereocenters. The second kappa shape index (κ2) is 75.5. The molecule has 17 nitrogen and oxygen atoms in total. The molecule has 0 aromatic carbocycles. The number of carbonyl (C=O) groups is 4. The molecule has 0 aromatic heterocycles. The number of carbonyl (C=O) groups excluding carboxylic acids is 4. The van der Waals surface area contributed by atoms with Gasteiger partial charge in [-0.3, -0.25) is 37.3 Å². The molecule has 0 spiro atoms. The minimum absolute atomic E-state index is 0.0389. The van der Waals surface area contributed by atoms with E-state index in [-0.39, 0.29) is 25.7 Å². The Balaban J connectivity index is 5.40. The van der Waals surface area contributed by atoms with Crippen LogP contribution in [0.25, 0.3) is 0 Å². The lowest BCUT2D eigenvalue weighted by molar-refractivity contribution is -0.161. The van der Waals surface area contributed by atoms with Gasteiger partial charge in [0.05, 0.1) is 26.4 Å². The van der Waals surface area contributed by atoms with E-state index >= 15 is 0 Å². The molecule has 0 rings (SSSR count). The summed E-state index contributed by atoms with van der Waals surface area (Å²) in [6, 6.07) is 0. The smallest absolute Gasteiger partial charge is 0.462 e. The van der Waals surface area contributed by atoms with E-state index in [0.717, 1.165) is 135 Å². The summed E-state index contributed by atoms with van der Waals surface area (Å²) in [5.74, 6) is -2.26. The number of phosphoric ester groups is 2. The standard InChI is InChI=1S/C83H148O17P2/c1-5-9-13-17-21-25-29-33-36-37-38-39-42-44-48-52-56-60-64-68-81(86)94-74-79(100-83(88)70-66-62-58-54-50-46-41-35-31-27-23-19-15-11-7-3)76-98-102(91,92)96-72-77(84)71-95-101(89,90)97-75-78(73-93-80(85)67-63-59-55-51-47-43-32-28-24-20-16-12-8-4)99-82(87)69-65-61-57-53-49-45-40-34-30-26-22-18-14-10-6-2/h21,25,27,31,33-34,36,38-40,44,48,56,60,77-79,84H,5-20,22-24,26,28-30,32,35,37,41-43,45-47,49-55,57-59,61-76H2,1-4H3,(H,89,90)(H,91,92)/b25-21-,31-27-,36-33-,39-38-,40-34-,48-44-,60-56-/t77-,78+,79+/m0/s1. The van der Waals surface area contributed by atoms with Gasteiger partial charge in [0, 0.05) is 25.7 Å². The highest BCUT2D eigenvalue weighted by molar-refractivity contribution is 7.47. The van der Waals surface area contributed by atoms with Gasteiger partial charge in [0.15, 0.2) is 12.2 Å². The number of hydrogen-bond donors (Lipinski definition) is 3. The van der Waals surface area contributed by atoms with Gasteiger partial charge < -0.3 is 33.8 Å². The van der Waals surface area contributed by atoms with Gasteiger partial charge in [0.1, 0.15) is 19.3 Å². The minimum atomic E-state index is -4.99. The first-order valence-corrected chi connectivity index (χ1v) is 43.8. The Kier molecular flexibility index (Phi) is 72.7. The SMILES string of the molecule is CCCCC/C=C\C/C=C\C/C=C\C/C=C\C/C=C\CCC(=O)OC[C@H](COP(=O)(O)OC[C@@H](O)COP(=O)(O)OC[C@@H](COC(=O)CCCCCCCCCCCCCCC)OC(=O)CCCCCCC/C=C\CCCCCCCC)OC(=O)CCCCCCCCC/C=C\CCCCCC. The molecular formula is C83H148O17P2. The molecule has 0 bridgehead atoms. The van der Waals surface area contributed by atoms with E-state index in [9.17, 15) is 43.2 Å². The van der Waals surface area contributed by atoms with Crippen LogP contribution in [0.2, 0.25) is 0 Å². The van der Waals surface area contributed by atoms with Crippen LogP contribution in [-0.4, -0.2) is 96.7 Å². The summed E-state index contributed by atoms with van der Waals surface area (Å²) in [6.07, 6.45) is 78.5. The Bertz CT molecular complexity index is 2260. The molecule has 0 aliphatic heterocycles. The van der Waals surface area contributed by atoms with Crippen LogP contribution in [0.15, 0.2) is 85.1 Å². The second-order valence-corrected chi connectivity index (χ2v) is 30.3. The van der Waals surface area contributed by atoms with Gasteiger partial charge in [0.25, 0.3) is 0 Å². The molecule has 0 radical (unpaired) electrons. The van der Waals surface area contributed by atoms with Gasteiger partial charge in [-0.1, -0.05) is 305 Å². The first-order chi connectivity index (χ1) is 49.7. The molecule has 0 amide bonds. The minimum Gasteiger partial charge on any atom is -0.462 e. The quantitative estimate of drug-likeness (QED) is 0.0169. The molecule has 19 heteroatoms. The summed E-state index contributed by atoms with van der Waals surface area (Å²) >= 11 is 0. The van der Waals surface area contributed by atoms with Crippen molar-refractivity contribution < 1.29 is 80.2 Å². The third-order valence-electron chi connectivity index (χ3n) is 17.3. The maximum absolute atomic E-state index is 13.1. The lowest BCUT2D eigenvalue weighted by Crippen LogP contribution is -2.30. The summed E-state index contributed by atoms with van der Waals surface area (Å²) < 4.78 is 68.6. The number of unbranched alkanes of at least 4 members (excludes halogenated alkanes) is 37. The molecule has 5 atom stereocenters. The number of aliphatic hydroxyl groups excluding tert-OH is 1. The Labute approximate surface area is 621 Å². The molecule has 0 aliphatic carbocycles. The molecular weight excluding hydrogens is 1330 g/mol. The van der Waals surface area contributed by atoms with E-state index in [2.05, 4.69) is 101 Å². The number of aliphatic hydroxyl groups is 1. The first-order valence-electron chi connectivity index (χ1n) is 40.8. The van der Waals surface area contributed by atoms with Crippen molar-refractivity contribution in [2.45, 2.75) is 380 Å². The highest BCUT2D eigenvalue weighted by atomic mass is 31.2. The van der Waals surface area contributed by atoms with Crippen molar-refractivity contribution in [3.8, 4) is 0 Å². The predicted molar refractivity (Wildman–Crippen MR) is 418 cm³/mol. The molecule has 0 saturated heterocycles. The Morgan fingerprint density at radius 3 is 0.833 bits per heavy atom. The van der Waals surface area contributed by atoms with Gasteiger partial charge in [-0.2, -0.15) is 0 Å². The summed E-state index contributed by atoms with van der Waals surface area (Å²) in [5.41, 5.74) is 0. The maximum atomic E-state index is 13.1. The Morgan fingerprint density at radius 2 is 0.500 bits per heavy atom.